The minimum Gasteiger partial charge on any atom is -0.324 e. The Morgan fingerprint density at radius 3 is 2.81 bits per heavy atom. The second-order valence-corrected chi connectivity index (χ2v) is 3.77. The summed E-state index contributed by atoms with van der Waals surface area (Å²) in [7, 11) is 1.94. The van der Waals surface area contributed by atoms with Gasteiger partial charge in [-0.05, 0) is 30.5 Å². The van der Waals surface area contributed by atoms with Crippen LogP contribution in [0.15, 0.2) is 30.7 Å². The molecule has 0 aliphatic carbocycles. The molecule has 2 N–H and O–H groups in total. The predicted molar refractivity (Wildman–Crippen MR) is 60.5 cm³/mol. The van der Waals surface area contributed by atoms with Crippen LogP contribution in [-0.2, 0) is 13.5 Å². The summed E-state index contributed by atoms with van der Waals surface area (Å²) in [5.41, 5.74) is 8.28. The second kappa shape index (κ2) is 4.85. The monoisotopic (exact) mass is 217 g/mol. The van der Waals surface area contributed by atoms with Crippen molar-refractivity contribution < 1.29 is 0 Å². The van der Waals surface area contributed by atoms with Crippen LogP contribution in [0, 0.1) is 0 Å². The third-order valence-electron chi connectivity index (χ3n) is 2.67. The maximum absolute atomic E-state index is 6.06. The molecule has 0 fully saturated rings. The van der Waals surface area contributed by atoms with E-state index in [0.29, 0.717) is 0 Å². The summed E-state index contributed by atoms with van der Waals surface area (Å²) in [6.45, 7) is 0. The van der Waals surface area contributed by atoms with Gasteiger partial charge in [-0.25, -0.2) is 0 Å². The molecule has 5 nitrogen and oxygen atoms in total. The Morgan fingerprint density at radius 2 is 2.19 bits per heavy atom. The van der Waals surface area contributed by atoms with Crippen LogP contribution in [0.25, 0.3) is 0 Å². The van der Waals surface area contributed by atoms with Gasteiger partial charge in [-0.15, -0.1) is 0 Å². The largest absolute Gasteiger partial charge is 0.324 e. The van der Waals surface area contributed by atoms with Crippen molar-refractivity contribution in [2.45, 2.75) is 18.9 Å². The maximum atomic E-state index is 6.06. The van der Waals surface area contributed by atoms with Gasteiger partial charge in [0.2, 0.25) is 0 Å². The molecule has 2 heterocycles. The van der Waals surface area contributed by atoms with Crippen LogP contribution >= 0.6 is 0 Å². The summed E-state index contributed by atoms with van der Waals surface area (Å²) in [6, 6.07) is 3.92. The van der Waals surface area contributed by atoms with Crippen LogP contribution in [0.2, 0.25) is 0 Å². The smallest absolute Gasteiger partial charge is 0.0543 e. The van der Waals surface area contributed by atoms with E-state index in [4.69, 9.17) is 5.73 Å². The molecule has 0 spiro atoms. The molecule has 0 saturated heterocycles. The highest BCUT2D eigenvalue weighted by Gasteiger charge is 2.07. The van der Waals surface area contributed by atoms with Gasteiger partial charge < -0.3 is 5.73 Å². The minimum atomic E-state index is 0.00500. The summed E-state index contributed by atoms with van der Waals surface area (Å²) in [6.07, 6.45) is 6.98. The number of nitrogens with zero attached hydrogens (tertiary/aromatic N) is 4. The number of aromatic nitrogens is 4. The van der Waals surface area contributed by atoms with Crippen LogP contribution < -0.4 is 5.73 Å². The molecule has 2 aromatic heterocycles. The number of nitrogens with two attached hydrogens (primary N) is 1. The van der Waals surface area contributed by atoms with Crippen molar-refractivity contribution in [2.75, 3.05) is 0 Å². The van der Waals surface area contributed by atoms with E-state index in [2.05, 4.69) is 15.3 Å². The first-order valence-corrected chi connectivity index (χ1v) is 5.26. The van der Waals surface area contributed by atoms with E-state index in [1.807, 2.05) is 23.9 Å². The molecule has 0 saturated carbocycles. The molecule has 0 aliphatic rings. The number of aryl methyl sites for hydroxylation is 2. The van der Waals surface area contributed by atoms with Crippen molar-refractivity contribution in [2.24, 2.45) is 12.8 Å². The summed E-state index contributed by atoms with van der Waals surface area (Å²) in [5, 5.41) is 11.7. The van der Waals surface area contributed by atoms with Crippen molar-refractivity contribution in [3.05, 3.63) is 42.0 Å². The molecule has 2 aromatic rings. The van der Waals surface area contributed by atoms with E-state index in [1.54, 1.807) is 18.6 Å². The van der Waals surface area contributed by atoms with Crippen molar-refractivity contribution >= 4 is 0 Å². The first kappa shape index (κ1) is 10.8. The molecule has 2 rings (SSSR count). The Labute approximate surface area is 94.3 Å². The zero-order valence-electron chi connectivity index (χ0n) is 9.24. The minimum absolute atomic E-state index is 0.00500. The van der Waals surface area contributed by atoms with Crippen LogP contribution in [0.5, 0.6) is 0 Å². The number of hydrogen-bond donors (Lipinski definition) is 1. The normalized spacial score (nSPS) is 12.6. The van der Waals surface area contributed by atoms with Gasteiger partial charge in [0.15, 0.2) is 0 Å². The highest BCUT2D eigenvalue weighted by atomic mass is 15.2. The van der Waals surface area contributed by atoms with Gasteiger partial charge in [0, 0.05) is 31.2 Å². The van der Waals surface area contributed by atoms with Crippen molar-refractivity contribution in [3.8, 4) is 0 Å². The fourth-order valence-corrected chi connectivity index (χ4v) is 1.64. The molecule has 84 valence electrons. The fraction of sp³-hybridized carbons (Fsp3) is 0.364. The fourth-order valence-electron chi connectivity index (χ4n) is 1.64. The highest BCUT2D eigenvalue weighted by Crippen LogP contribution is 2.14. The SMILES string of the molecule is Cn1nccc1CCC(N)c1ccnnc1. The molecule has 0 bridgehead atoms. The lowest BCUT2D eigenvalue weighted by molar-refractivity contribution is 0.611. The van der Waals surface area contributed by atoms with Crippen LogP contribution in [0.3, 0.4) is 0 Å². The quantitative estimate of drug-likeness (QED) is 0.824. The first-order valence-electron chi connectivity index (χ1n) is 5.26. The molecule has 0 aliphatic heterocycles. The molecule has 5 heteroatoms. The Kier molecular flexibility index (Phi) is 3.26. The van der Waals surface area contributed by atoms with Gasteiger partial charge in [0.1, 0.15) is 0 Å². The predicted octanol–water partition coefficient (Wildman–Crippen LogP) is 0.843. The number of rotatable bonds is 4. The molecule has 1 unspecified atom stereocenters. The van der Waals surface area contributed by atoms with E-state index in [1.165, 1.54) is 5.69 Å². The van der Waals surface area contributed by atoms with Crippen molar-refractivity contribution in [1.82, 2.24) is 20.0 Å². The zero-order chi connectivity index (χ0) is 11.4. The summed E-state index contributed by atoms with van der Waals surface area (Å²) >= 11 is 0. The molecular formula is C11H15N5. The van der Waals surface area contributed by atoms with Crippen molar-refractivity contribution in [1.29, 1.82) is 0 Å². The van der Waals surface area contributed by atoms with Gasteiger partial charge in [-0.3, -0.25) is 4.68 Å². The lowest BCUT2D eigenvalue weighted by atomic mass is 10.0. The van der Waals surface area contributed by atoms with Crippen LogP contribution in [0.4, 0.5) is 0 Å². The van der Waals surface area contributed by atoms with Crippen molar-refractivity contribution in [3.63, 3.8) is 0 Å². The molecule has 1 atom stereocenters. The highest BCUT2D eigenvalue weighted by molar-refractivity contribution is 5.11. The molecule has 16 heavy (non-hydrogen) atoms. The van der Waals surface area contributed by atoms with E-state index in [0.717, 1.165) is 18.4 Å². The Hall–Kier alpha value is -1.75. The van der Waals surface area contributed by atoms with E-state index in [9.17, 15) is 0 Å². The Morgan fingerprint density at radius 1 is 1.31 bits per heavy atom. The lowest BCUT2D eigenvalue weighted by Crippen LogP contribution is -2.12. The molecular weight excluding hydrogens is 202 g/mol. The van der Waals surface area contributed by atoms with Crippen LogP contribution in [0.1, 0.15) is 23.7 Å². The average Bonchev–Trinajstić information content (AvgIpc) is 2.73. The van der Waals surface area contributed by atoms with Gasteiger partial charge >= 0.3 is 0 Å². The first-order chi connectivity index (χ1) is 7.77. The standard InChI is InChI=1S/C11H15N5/c1-16-10(5-7-15-16)2-3-11(12)9-4-6-13-14-8-9/h4-8,11H,2-3,12H2,1H3. The molecule has 0 radical (unpaired) electrons. The maximum Gasteiger partial charge on any atom is 0.0543 e. The lowest BCUT2D eigenvalue weighted by Gasteiger charge is -2.10. The Bertz CT molecular complexity index is 437. The third-order valence-corrected chi connectivity index (χ3v) is 2.67. The zero-order valence-corrected chi connectivity index (χ0v) is 9.24. The molecule has 0 amide bonds. The van der Waals surface area contributed by atoms with Gasteiger partial charge in [0.05, 0.1) is 6.20 Å². The summed E-state index contributed by atoms with van der Waals surface area (Å²) in [4.78, 5) is 0. The summed E-state index contributed by atoms with van der Waals surface area (Å²) in [5.74, 6) is 0. The summed E-state index contributed by atoms with van der Waals surface area (Å²) < 4.78 is 1.87. The second-order valence-electron chi connectivity index (χ2n) is 3.77. The third kappa shape index (κ3) is 2.43. The van der Waals surface area contributed by atoms with Gasteiger partial charge in [0.25, 0.3) is 0 Å². The van der Waals surface area contributed by atoms with Gasteiger partial charge in [-0.1, -0.05) is 0 Å². The topological polar surface area (TPSA) is 69.6 Å². The van der Waals surface area contributed by atoms with E-state index in [-0.39, 0.29) is 6.04 Å². The van der Waals surface area contributed by atoms with E-state index >= 15 is 0 Å². The Balaban J connectivity index is 1.94. The van der Waals surface area contributed by atoms with Crippen LogP contribution in [-0.4, -0.2) is 20.0 Å². The molecule has 0 aromatic carbocycles. The average molecular weight is 217 g/mol. The number of hydrogen-bond acceptors (Lipinski definition) is 4. The van der Waals surface area contributed by atoms with Gasteiger partial charge in [-0.2, -0.15) is 15.3 Å². The van der Waals surface area contributed by atoms with E-state index < -0.39 is 0 Å².